The molecular formula is C7H4Cl3NO. The second-order valence-electron chi connectivity index (χ2n) is 2.01. The Hall–Kier alpha value is -0.440. The van der Waals surface area contributed by atoms with Crippen molar-refractivity contribution in [3.05, 3.63) is 33.8 Å². The fourth-order valence-electron chi connectivity index (χ4n) is 0.709. The first-order valence-corrected chi connectivity index (χ1v) is 4.11. The molecule has 0 radical (unpaired) electrons. The molecule has 0 atom stereocenters. The molecule has 12 heavy (non-hydrogen) atoms. The average Bonchev–Trinajstić information content (AvgIpc) is 2.08. The number of hydrogen-bond acceptors (Lipinski definition) is 2. The number of halogens is 3. The highest BCUT2D eigenvalue weighted by atomic mass is 35.5. The van der Waals surface area contributed by atoms with E-state index in [1.807, 2.05) is 0 Å². The van der Waals surface area contributed by atoms with Gasteiger partial charge in [0.2, 0.25) is 0 Å². The van der Waals surface area contributed by atoms with Gasteiger partial charge >= 0.3 is 0 Å². The molecule has 0 aliphatic carbocycles. The highest BCUT2D eigenvalue weighted by Gasteiger charge is 2.06. The summed E-state index contributed by atoms with van der Waals surface area (Å²) in [4.78, 5) is 0. The Morgan fingerprint density at radius 2 is 2.00 bits per heavy atom. The van der Waals surface area contributed by atoms with Gasteiger partial charge in [0.25, 0.3) is 0 Å². The molecule has 1 N–H and O–H groups in total. The smallest absolute Gasteiger partial charge is 0.176 e. The molecule has 1 aromatic rings. The van der Waals surface area contributed by atoms with Gasteiger partial charge in [-0.2, -0.15) is 0 Å². The topological polar surface area (TPSA) is 32.6 Å². The minimum absolute atomic E-state index is 0.0810. The number of hydrogen-bond donors (Lipinski definition) is 1. The highest BCUT2D eigenvalue weighted by Crippen LogP contribution is 2.22. The molecule has 0 heterocycles. The Bertz CT molecular complexity index is 324. The van der Waals surface area contributed by atoms with Crippen molar-refractivity contribution in [2.75, 3.05) is 0 Å². The molecule has 0 fully saturated rings. The van der Waals surface area contributed by atoms with Crippen LogP contribution in [0.4, 0.5) is 0 Å². The van der Waals surface area contributed by atoms with Gasteiger partial charge < -0.3 is 5.21 Å². The van der Waals surface area contributed by atoms with Gasteiger partial charge in [-0.3, -0.25) is 0 Å². The van der Waals surface area contributed by atoms with Crippen molar-refractivity contribution in [1.29, 1.82) is 0 Å². The van der Waals surface area contributed by atoms with Crippen LogP contribution in [0.3, 0.4) is 0 Å². The molecule has 0 spiro atoms. The lowest BCUT2D eigenvalue weighted by Crippen LogP contribution is -1.91. The molecular weight excluding hydrogens is 220 g/mol. The SMILES string of the molecule is ON=C(Cl)c1cc(Cl)ccc1Cl. The average molecular weight is 224 g/mol. The number of benzene rings is 1. The van der Waals surface area contributed by atoms with Crippen LogP contribution in [0.5, 0.6) is 0 Å². The van der Waals surface area contributed by atoms with E-state index in [9.17, 15) is 0 Å². The third-order valence-corrected chi connectivity index (χ3v) is 2.08. The van der Waals surface area contributed by atoms with Crippen LogP contribution < -0.4 is 0 Å². The van der Waals surface area contributed by atoms with Gasteiger partial charge in [-0.25, -0.2) is 0 Å². The van der Waals surface area contributed by atoms with E-state index < -0.39 is 0 Å². The van der Waals surface area contributed by atoms with Crippen molar-refractivity contribution in [3.8, 4) is 0 Å². The van der Waals surface area contributed by atoms with Crippen LogP contribution in [0.15, 0.2) is 23.4 Å². The minimum Gasteiger partial charge on any atom is -0.410 e. The van der Waals surface area contributed by atoms with Crippen LogP contribution in [0.25, 0.3) is 0 Å². The second-order valence-corrected chi connectivity index (χ2v) is 3.22. The van der Waals surface area contributed by atoms with E-state index in [1.165, 1.54) is 6.07 Å². The predicted molar refractivity (Wildman–Crippen MR) is 50.6 cm³/mol. The first-order valence-electron chi connectivity index (χ1n) is 2.98. The summed E-state index contributed by atoms with van der Waals surface area (Å²) in [5.74, 6) is 0. The van der Waals surface area contributed by atoms with Crippen molar-refractivity contribution in [3.63, 3.8) is 0 Å². The third kappa shape index (κ3) is 2.03. The lowest BCUT2D eigenvalue weighted by atomic mass is 10.2. The number of nitrogens with zero attached hydrogens (tertiary/aromatic N) is 1. The van der Waals surface area contributed by atoms with Gasteiger partial charge in [0.15, 0.2) is 5.17 Å². The number of oxime groups is 1. The zero-order chi connectivity index (χ0) is 9.14. The van der Waals surface area contributed by atoms with Crippen molar-refractivity contribution < 1.29 is 5.21 Å². The first-order chi connectivity index (χ1) is 5.65. The van der Waals surface area contributed by atoms with E-state index in [1.54, 1.807) is 12.1 Å². The van der Waals surface area contributed by atoms with Crippen LogP contribution in [0.2, 0.25) is 10.0 Å². The van der Waals surface area contributed by atoms with Gasteiger partial charge in [-0.05, 0) is 18.2 Å². The molecule has 1 aromatic carbocycles. The van der Waals surface area contributed by atoms with Gasteiger partial charge in [0.1, 0.15) is 0 Å². The largest absolute Gasteiger partial charge is 0.410 e. The standard InChI is InChI=1S/C7H4Cl3NO/c8-4-1-2-6(9)5(3-4)7(10)11-12/h1-3,12H. The van der Waals surface area contributed by atoms with Gasteiger partial charge in [0.05, 0.1) is 5.02 Å². The number of rotatable bonds is 1. The summed E-state index contributed by atoms with van der Waals surface area (Å²) in [5.41, 5.74) is 0.410. The molecule has 2 nitrogen and oxygen atoms in total. The van der Waals surface area contributed by atoms with Crippen molar-refractivity contribution in [2.24, 2.45) is 5.16 Å². The van der Waals surface area contributed by atoms with E-state index in [0.29, 0.717) is 15.6 Å². The second kappa shape index (κ2) is 3.99. The summed E-state index contributed by atoms with van der Waals surface area (Å²) in [6.45, 7) is 0. The quantitative estimate of drug-likeness (QED) is 0.443. The van der Waals surface area contributed by atoms with E-state index in [2.05, 4.69) is 5.16 Å². The normalized spacial score (nSPS) is 11.8. The van der Waals surface area contributed by atoms with Crippen molar-refractivity contribution >= 4 is 40.0 Å². The third-order valence-electron chi connectivity index (χ3n) is 1.24. The lowest BCUT2D eigenvalue weighted by molar-refractivity contribution is 0.321. The molecule has 0 aromatic heterocycles. The Labute approximate surface area is 84.3 Å². The monoisotopic (exact) mass is 223 g/mol. The van der Waals surface area contributed by atoms with E-state index >= 15 is 0 Å². The van der Waals surface area contributed by atoms with Gasteiger partial charge in [0, 0.05) is 10.6 Å². The van der Waals surface area contributed by atoms with E-state index in [-0.39, 0.29) is 5.17 Å². The molecule has 0 saturated carbocycles. The van der Waals surface area contributed by atoms with E-state index in [0.717, 1.165) is 0 Å². The van der Waals surface area contributed by atoms with Crippen LogP contribution in [0.1, 0.15) is 5.56 Å². The Morgan fingerprint density at radius 3 is 2.58 bits per heavy atom. The summed E-state index contributed by atoms with van der Waals surface area (Å²) >= 11 is 16.9. The fourth-order valence-corrected chi connectivity index (χ4v) is 1.29. The predicted octanol–water partition coefficient (Wildman–Crippen LogP) is 3.37. The minimum atomic E-state index is -0.0810. The van der Waals surface area contributed by atoms with E-state index in [4.69, 9.17) is 40.0 Å². The molecule has 0 saturated heterocycles. The van der Waals surface area contributed by atoms with Crippen LogP contribution >= 0.6 is 34.8 Å². The van der Waals surface area contributed by atoms with Gasteiger partial charge in [-0.1, -0.05) is 40.0 Å². The fraction of sp³-hybridized carbons (Fsp3) is 0. The Balaban J connectivity index is 3.23. The first kappa shape index (κ1) is 9.65. The molecule has 0 bridgehead atoms. The summed E-state index contributed by atoms with van der Waals surface area (Å²) in [5, 5.41) is 11.9. The van der Waals surface area contributed by atoms with Crippen LogP contribution in [-0.2, 0) is 0 Å². The Kier molecular flexibility index (Phi) is 3.20. The maximum Gasteiger partial charge on any atom is 0.176 e. The Morgan fingerprint density at radius 1 is 1.33 bits per heavy atom. The molecule has 0 aliphatic rings. The zero-order valence-electron chi connectivity index (χ0n) is 5.76. The van der Waals surface area contributed by atoms with Crippen LogP contribution in [-0.4, -0.2) is 10.4 Å². The zero-order valence-corrected chi connectivity index (χ0v) is 8.03. The molecule has 64 valence electrons. The van der Waals surface area contributed by atoms with Crippen molar-refractivity contribution in [2.45, 2.75) is 0 Å². The molecule has 0 unspecified atom stereocenters. The summed E-state index contributed by atoms with van der Waals surface area (Å²) < 4.78 is 0. The summed E-state index contributed by atoms with van der Waals surface area (Å²) in [7, 11) is 0. The van der Waals surface area contributed by atoms with Gasteiger partial charge in [-0.15, -0.1) is 0 Å². The lowest BCUT2D eigenvalue weighted by Gasteiger charge is -1.99. The van der Waals surface area contributed by atoms with Crippen molar-refractivity contribution in [1.82, 2.24) is 0 Å². The maximum atomic E-state index is 8.36. The summed E-state index contributed by atoms with van der Waals surface area (Å²) in [6, 6.07) is 4.72. The molecule has 1 rings (SSSR count). The van der Waals surface area contributed by atoms with Crippen LogP contribution in [0, 0.1) is 0 Å². The highest BCUT2D eigenvalue weighted by molar-refractivity contribution is 6.70. The molecule has 5 heteroatoms. The summed E-state index contributed by atoms with van der Waals surface area (Å²) in [6.07, 6.45) is 0. The maximum absolute atomic E-state index is 8.36. The molecule has 0 amide bonds. The molecule has 0 aliphatic heterocycles.